The zero-order valence-electron chi connectivity index (χ0n) is 12.6. The summed E-state index contributed by atoms with van der Waals surface area (Å²) in [5.74, 6) is 0.948. The van der Waals surface area contributed by atoms with Crippen molar-refractivity contribution in [1.82, 2.24) is 9.29 Å². The van der Waals surface area contributed by atoms with Gasteiger partial charge in [-0.2, -0.15) is 0 Å². The Morgan fingerprint density at radius 1 is 1.48 bits per heavy atom. The average molecular weight is 313 g/mol. The topological polar surface area (TPSA) is 71.5 Å². The highest BCUT2D eigenvalue weighted by atomic mass is 32.2. The first-order valence-corrected chi connectivity index (χ1v) is 9.11. The van der Waals surface area contributed by atoms with Crippen molar-refractivity contribution in [3.8, 4) is 5.88 Å². The fourth-order valence-electron chi connectivity index (χ4n) is 2.48. The lowest BCUT2D eigenvalue weighted by molar-refractivity contribution is 0.276. The molecule has 1 N–H and O–H groups in total. The van der Waals surface area contributed by atoms with Crippen LogP contribution in [-0.2, 0) is 10.0 Å². The van der Waals surface area contributed by atoms with Crippen molar-refractivity contribution in [2.75, 3.05) is 37.8 Å². The van der Waals surface area contributed by atoms with Gasteiger partial charge in [0, 0.05) is 25.7 Å². The van der Waals surface area contributed by atoms with Crippen molar-refractivity contribution < 1.29 is 13.2 Å². The zero-order chi connectivity index (χ0) is 15.3. The summed E-state index contributed by atoms with van der Waals surface area (Å²) in [6, 6.07) is 3.75. The summed E-state index contributed by atoms with van der Waals surface area (Å²) in [6.45, 7) is 4.51. The Labute approximate surface area is 126 Å². The van der Waals surface area contributed by atoms with Gasteiger partial charge in [-0.05, 0) is 31.7 Å². The lowest BCUT2D eigenvalue weighted by Gasteiger charge is -2.31. The van der Waals surface area contributed by atoms with E-state index in [0.29, 0.717) is 31.5 Å². The summed E-state index contributed by atoms with van der Waals surface area (Å²) in [5, 5.41) is 3.32. The normalized spacial score (nSPS) is 20.2. The molecule has 1 fully saturated rings. The number of piperidine rings is 1. The second kappa shape index (κ2) is 7.09. The molecule has 21 heavy (non-hydrogen) atoms. The maximum atomic E-state index is 11.6. The molecule has 0 radical (unpaired) electrons. The molecule has 0 aliphatic carbocycles. The number of hydrogen-bond donors (Lipinski definition) is 1. The Balaban J connectivity index is 1.85. The second-order valence-corrected chi connectivity index (χ2v) is 7.31. The Morgan fingerprint density at radius 3 is 2.90 bits per heavy atom. The number of anilines is 1. The van der Waals surface area contributed by atoms with Gasteiger partial charge in [-0.15, -0.1) is 0 Å². The van der Waals surface area contributed by atoms with E-state index in [0.717, 1.165) is 25.1 Å². The standard InChI is InChI=1S/C14H23N3O3S/c1-3-20-14-7-6-13(10-16-14)15-9-12-5-4-8-17(11-12)21(2,18)19/h6-7,10,12,15H,3-5,8-9,11H2,1-2H3. The van der Waals surface area contributed by atoms with Crippen molar-refractivity contribution in [2.45, 2.75) is 19.8 Å². The molecule has 1 atom stereocenters. The zero-order valence-corrected chi connectivity index (χ0v) is 13.4. The number of ether oxygens (including phenoxy) is 1. The number of nitrogens with zero attached hydrogens (tertiary/aromatic N) is 2. The Bertz CT molecular complexity index is 545. The summed E-state index contributed by atoms with van der Waals surface area (Å²) in [6.07, 6.45) is 4.98. The van der Waals surface area contributed by atoms with Gasteiger partial charge in [0.25, 0.3) is 0 Å². The molecule has 0 amide bonds. The Hall–Kier alpha value is -1.34. The van der Waals surface area contributed by atoms with Gasteiger partial charge in [-0.25, -0.2) is 17.7 Å². The van der Waals surface area contributed by atoms with Gasteiger partial charge in [0.15, 0.2) is 0 Å². The van der Waals surface area contributed by atoms with Crippen LogP contribution in [0.15, 0.2) is 18.3 Å². The summed E-state index contributed by atoms with van der Waals surface area (Å²) in [4.78, 5) is 4.20. The predicted octanol–water partition coefficient (Wildman–Crippen LogP) is 1.56. The first-order valence-electron chi connectivity index (χ1n) is 7.27. The smallest absolute Gasteiger partial charge is 0.213 e. The number of nitrogens with one attached hydrogen (secondary N) is 1. The molecule has 0 spiro atoms. The van der Waals surface area contributed by atoms with Gasteiger partial charge in [0.1, 0.15) is 0 Å². The van der Waals surface area contributed by atoms with Gasteiger partial charge in [0.05, 0.1) is 24.7 Å². The third kappa shape index (κ3) is 4.86. The summed E-state index contributed by atoms with van der Waals surface area (Å²) >= 11 is 0. The molecule has 6 nitrogen and oxygen atoms in total. The number of pyridine rings is 1. The van der Waals surface area contributed by atoms with E-state index in [4.69, 9.17) is 4.74 Å². The summed E-state index contributed by atoms with van der Waals surface area (Å²) in [5.41, 5.74) is 0.926. The van der Waals surface area contributed by atoms with Gasteiger partial charge >= 0.3 is 0 Å². The highest BCUT2D eigenvalue weighted by molar-refractivity contribution is 7.88. The molecule has 1 aromatic rings. The second-order valence-electron chi connectivity index (χ2n) is 5.33. The third-order valence-electron chi connectivity index (χ3n) is 3.57. The first-order chi connectivity index (χ1) is 9.99. The number of sulfonamides is 1. The molecule has 118 valence electrons. The lowest BCUT2D eigenvalue weighted by atomic mass is 10.00. The number of rotatable bonds is 6. The minimum absolute atomic E-state index is 0.333. The van der Waals surface area contributed by atoms with E-state index in [-0.39, 0.29) is 0 Å². The van der Waals surface area contributed by atoms with Gasteiger partial charge in [0.2, 0.25) is 15.9 Å². The predicted molar refractivity (Wildman–Crippen MR) is 83.0 cm³/mol. The van der Waals surface area contributed by atoms with Crippen LogP contribution in [0.1, 0.15) is 19.8 Å². The molecule has 0 saturated carbocycles. The van der Waals surface area contributed by atoms with E-state index in [9.17, 15) is 8.42 Å². The van der Waals surface area contributed by atoms with Crippen molar-refractivity contribution in [3.63, 3.8) is 0 Å². The average Bonchev–Trinajstić information content (AvgIpc) is 2.46. The van der Waals surface area contributed by atoms with E-state index in [1.165, 1.54) is 6.26 Å². The molecule has 2 heterocycles. The molecule has 1 aliphatic heterocycles. The number of hydrogen-bond acceptors (Lipinski definition) is 5. The summed E-state index contributed by atoms with van der Waals surface area (Å²) in [7, 11) is -3.08. The van der Waals surface area contributed by atoms with Crippen molar-refractivity contribution in [2.24, 2.45) is 5.92 Å². The lowest BCUT2D eigenvalue weighted by Crippen LogP contribution is -2.41. The Kier molecular flexibility index (Phi) is 5.41. The van der Waals surface area contributed by atoms with Crippen LogP contribution in [0.2, 0.25) is 0 Å². The molecule has 7 heteroatoms. The fourth-order valence-corrected chi connectivity index (χ4v) is 3.42. The minimum Gasteiger partial charge on any atom is -0.478 e. The van der Waals surface area contributed by atoms with E-state index >= 15 is 0 Å². The van der Waals surface area contributed by atoms with Gasteiger partial charge < -0.3 is 10.1 Å². The first kappa shape index (κ1) is 16.0. The van der Waals surface area contributed by atoms with Crippen LogP contribution in [0, 0.1) is 5.92 Å². The molecule has 1 saturated heterocycles. The van der Waals surface area contributed by atoms with Crippen molar-refractivity contribution in [1.29, 1.82) is 0 Å². The van der Waals surface area contributed by atoms with Crippen LogP contribution in [-0.4, -0.2) is 50.2 Å². The van der Waals surface area contributed by atoms with E-state index in [1.54, 1.807) is 10.5 Å². The van der Waals surface area contributed by atoms with Crippen LogP contribution in [0.25, 0.3) is 0 Å². The molecule has 1 unspecified atom stereocenters. The number of aromatic nitrogens is 1. The Morgan fingerprint density at radius 2 is 2.29 bits per heavy atom. The fraction of sp³-hybridized carbons (Fsp3) is 0.643. The monoisotopic (exact) mass is 313 g/mol. The minimum atomic E-state index is -3.08. The molecule has 1 aliphatic rings. The molecule has 1 aromatic heterocycles. The van der Waals surface area contributed by atoms with Crippen LogP contribution in [0.5, 0.6) is 5.88 Å². The molecule has 0 bridgehead atoms. The molecular formula is C14H23N3O3S. The van der Waals surface area contributed by atoms with E-state index in [1.807, 2.05) is 19.1 Å². The van der Waals surface area contributed by atoms with Crippen molar-refractivity contribution in [3.05, 3.63) is 18.3 Å². The SMILES string of the molecule is CCOc1ccc(NCC2CCCN(S(C)(=O)=O)C2)cn1. The van der Waals surface area contributed by atoms with Crippen molar-refractivity contribution >= 4 is 15.7 Å². The highest BCUT2D eigenvalue weighted by Crippen LogP contribution is 2.20. The summed E-state index contributed by atoms with van der Waals surface area (Å²) < 4.78 is 30.0. The molecular weight excluding hydrogens is 290 g/mol. The molecule has 2 rings (SSSR count). The maximum Gasteiger partial charge on any atom is 0.213 e. The van der Waals surface area contributed by atoms with Crippen LogP contribution in [0.4, 0.5) is 5.69 Å². The van der Waals surface area contributed by atoms with Gasteiger partial charge in [-0.1, -0.05) is 0 Å². The van der Waals surface area contributed by atoms with E-state index in [2.05, 4.69) is 10.3 Å². The van der Waals surface area contributed by atoms with Crippen LogP contribution >= 0.6 is 0 Å². The quantitative estimate of drug-likeness (QED) is 0.863. The third-order valence-corrected chi connectivity index (χ3v) is 4.84. The van der Waals surface area contributed by atoms with Gasteiger partial charge in [-0.3, -0.25) is 0 Å². The molecule has 0 aromatic carbocycles. The highest BCUT2D eigenvalue weighted by Gasteiger charge is 2.25. The van der Waals surface area contributed by atoms with Crippen LogP contribution in [0.3, 0.4) is 0 Å². The maximum absolute atomic E-state index is 11.6. The van der Waals surface area contributed by atoms with E-state index < -0.39 is 10.0 Å². The van der Waals surface area contributed by atoms with Crippen LogP contribution < -0.4 is 10.1 Å². The largest absolute Gasteiger partial charge is 0.478 e.